The molecule has 7 heteroatoms. The number of hydrogen-bond acceptors (Lipinski definition) is 1. The first-order chi connectivity index (χ1) is 7.20. The zero-order valence-electron chi connectivity index (χ0n) is 10.6. The monoisotopic (exact) mass is 554 g/mol. The van der Waals surface area contributed by atoms with E-state index in [0.29, 0.717) is 9.47 Å². The van der Waals surface area contributed by atoms with Crippen molar-refractivity contribution >= 4 is 40.0 Å². The standard InChI is InChI=1S/C6H7NO.2C2H6.2Ar.2HI.V/c1-5-3-2-4-6(8)7-5;2*1-2;;;;;/h2-4H,1H3,(H,7,8);2*1-2H3;;;2*1H;/q;;;;;;;+2/p-2. The van der Waals surface area contributed by atoms with Gasteiger partial charge in [-0.1, -0.05) is 33.8 Å². The van der Waals surface area contributed by atoms with Crippen LogP contribution in [0.2, 0.25) is 0 Å². The third kappa shape index (κ3) is 32.8. The van der Waals surface area contributed by atoms with Crippen LogP contribution in [-0.2, 0) is 9.47 Å². The maximum atomic E-state index is 10.4. The fourth-order valence-corrected chi connectivity index (χ4v) is 0.558. The van der Waals surface area contributed by atoms with Crippen LogP contribution in [0.4, 0.5) is 0 Å². The third-order valence-electron chi connectivity index (χ3n) is 0.914. The summed E-state index contributed by atoms with van der Waals surface area (Å²) >= 11 is 4.74. The molecule has 1 aromatic heterocycles. The average Bonchev–Trinajstić information content (AvgIpc) is 2.24. The summed E-state index contributed by atoms with van der Waals surface area (Å²) in [6, 6.07) is 5.07. The number of nitrogens with one attached hydrogen (secondary N) is 1. The summed E-state index contributed by atoms with van der Waals surface area (Å²) in [5.74, 6) is 0. The molecule has 1 N–H and O–H groups in total. The van der Waals surface area contributed by atoms with Gasteiger partial charge in [0.15, 0.2) is 0 Å². The van der Waals surface area contributed by atoms with Crippen molar-refractivity contribution < 1.29 is 84.9 Å². The summed E-state index contributed by atoms with van der Waals surface area (Å²) in [6.45, 7) is 9.85. The second-order valence-electron chi connectivity index (χ2n) is 1.76. The van der Waals surface area contributed by atoms with Gasteiger partial charge in [-0.25, -0.2) is 0 Å². The number of aryl methyl sites for hydroxylation is 1. The molecule has 1 heterocycles. The van der Waals surface area contributed by atoms with E-state index in [1.54, 1.807) is 6.07 Å². The van der Waals surface area contributed by atoms with Crippen molar-refractivity contribution in [3.8, 4) is 0 Å². The summed E-state index contributed by atoms with van der Waals surface area (Å²) < 4.78 is 0. The van der Waals surface area contributed by atoms with E-state index in [4.69, 9.17) is 0 Å². The van der Waals surface area contributed by atoms with Crippen LogP contribution < -0.4 is 5.56 Å². The van der Waals surface area contributed by atoms with Gasteiger partial charge in [-0.15, -0.1) is 0 Å². The van der Waals surface area contributed by atoms with Gasteiger partial charge >= 0.3 is 49.4 Å². The Labute approximate surface area is 194 Å². The van der Waals surface area contributed by atoms with Gasteiger partial charge in [-0.05, 0) is 13.0 Å². The molecular weight excluding hydrogens is 535 g/mol. The predicted octanol–water partition coefficient (Wildman–Crippen LogP) is 4.50. The van der Waals surface area contributed by atoms with Crippen molar-refractivity contribution in [2.24, 2.45) is 0 Å². The first-order valence-electron chi connectivity index (χ1n) is 4.79. The van der Waals surface area contributed by atoms with Crippen molar-refractivity contribution in [3.05, 3.63) is 34.2 Å². The summed E-state index contributed by atoms with van der Waals surface area (Å²) in [4.78, 5) is 13.0. The van der Waals surface area contributed by atoms with Crippen LogP contribution in [0.1, 0.15) is 33.4 Å². The molecule has 0 unspecified atom stereocenters. The van der Waals surface area contributed by atoms with Crippen LogP contribution in [0.5, 0.6) is 0 Å². The SMILES string of the molecule is CC.CC.Cc1cccc(=O)[nH]1.[Ar].[Ar].[I][V][I]. The molecule has 105 valence electrons. The van der Waals surface area contributed by atoms with E-state index in [-0.39, 0.29) is 81.0 Å². The van der Waals surface area contributed by atoms with E-state index in [2.05, 4.69) is 44.9 Å². The van der Waals surface area contributed by atoms with Crippen LogP contribution in [0.15, 0.2) is 23.0 Å². The zero-order chi connectivity index (χ0) is 12.7. The second-order valence-corrected chi connectivity index (χ2v) is 13.6. The number of pyridine rings is 1. The fourth-order valence-electron chi connectivity index (χ4n) is 0.558. The topological polar surface area (TPSA) is 32.9 Å². The molecule has 0 amide bonds. The number of halogens is 2. The van der Waals surface area contributed by atoms with Gasteiger partial charge in [-0.3, -0.25) is 4.79 Å². The van der Waals surface area contributed by atoms with E-state index >= 15 is 0 Å². The molecule has 0 bridgehead atoms. The van der Waals surface area contributed by atoms with Crippen molar-refractivity contribution in [2.45, 2.75) is 34.6 Å². The molecule has 0 atom stereocenters. The Balaban J connectivity index is -0.0000000466. The van der Waals surface area contributed by atoms with Crippen LogP contribution in [0.25, 0.3) is 0 Å². The minimum absolute atomic E-state index is 0. The summed E-state index contributed by atoms with van der Waals surface area (Å²) in [5, 5.41) is 0. The summed E-state index contributed by atoms with van der Waals surface area (Å²) in [6.07, 6.45) is 0. The molecule has 1 rings (SSSR count). The van der Waals surface area contributed by atoms with Crippen LogP contribution >= 0.6 is 40.0 Å². The fraction of sp³-hybridized carbons (Fsp3) is 0.500. The predicted molar refractivity (Wildman–Crippen MR) is 82.5 cm³/mol. The maximum absolute atomic E-state index is 10.4. The molecule has 0 aliphatic heterocycles. The Hall–Kier alpha value is 3.51. The normalized spacial score (nSPS) is 5.82. The van der Waals surface area contributed by atoms with Gasteiger partial charge in [0.1, 0.15) is 0 Å². The zero-order valence-corrected chi connectivity index (χ0v) is 17.7. The molecule has 0 aliphatic carbocycles. The molecule has 0 saturated carbocycles. The van der Waals surface area contributed by atoms with E-state index in [9.17, 15) is 4.79 Å². The van der Waals surface area contributed by atoms with Crippen LogP contribution in [0, 0.1) is 82.4 Å². The average molecular weight is 554 g/mol. The molecule has 2 nitrogen and oxygen atoms in total. The number of hydrogen-bond donors (Lipinski definition) is 1. The first-order valence-corrected chi connectivity index (χ1v) is 13.8. The van der Waals surface area contributed by atoms with E-state index in [0.717, 1.165) is 5.69 Å². The molecule has 17 heavy (non-hydrogen) atoms. The van der Waals surface area contributed by atoms with Gasteiger partial charge < -0.3 is 4.98 Å². The molecule has 0 spiro atoms. The Kier molecular flexibility index (Phi) is 60.6. The number of aromatic amines is 1. The third-order valence-corrected chi connectivity index (χ3v) is 0.914. The van der Waals surface area contributed by atoms with Crippen molar-refractivity contribution in [2.75, 3.05) is 0 Å². The number of H-pyrrole nitrogens is 1. The van der Waals surface area contributed by atoms with Crippen molar-refractivity contribution in [1.29, 1.82) is 0 Å². The van der Waals surface area contributed by atoms with Gasteiger partial charge in [0.05, 0.1) is 0 Å². The number of aromatic nitrogens is 1. The molecule has 0 aromatic carbocycles. The molecule has 0 saturated heterocycles. The van der Waals surface area contributed by atoms with Gasteiger partial charge in [0.2, 0.25) is 5.56 Å². The van der Waals surface area contributed by atoms with Gasteiger partial charge in [0.25, 0.3) is 0 Å². The van der Waals surface area contributed by atoms with E-state index < -0.39 is 0 Å². The molecular formula is C10H19Ar2I2NOV. The Bertz CT molecular complexity index is 262. The number of rotatable bonds is 0. The first kappa shape index (κ1) is 32.5. The Morgan fingerprint density at radius 1 is 1.06 bits per heavy atom. The quantitative estimate of drug-likeness (QED) is 0.472. The minimum atomic E-state index is -0.0370. The summed E-state index contributed by atoms with van der Waals surface area (Å²) in [7, 11) is 0.628. The Morgan fingerprint density at radius 3 is 1.59 bits per heavy atom. The van der Waals surface area contributed by atoms with Crippen molar-refractivity contribution in [1.82, 2.24) is 4.98 Å². The molecule has 0 radical (unpaired) electrons. The van der Waals surface area contributed by atoms with Gasteiger partial charge in [0, 0.05) is 87.2 Å². The molecule has 0 aliphatic rings. The van der Waals surface area contributed by atoms with Gasteiger partial charge in [-0.2, -0.15) is 0 Å². The van der Waals surface area contributed by atoms with Crippen LogP contribution in [0.3, 0.4) is 0 Å². The van der Waals surface area contributed by atoms with E-state index in [1.165, 1.54) is 6.07 Å². The van der Waals surface area contributed by atoms with E-state index in [1.807, 2.05) is 40.7 Å². The summed E-state index contributed by atoms with van der Waals surface area (Å²) in [5.41, 5.74) is 0.863. The second kappa shape index (κ2) is 31.8. The van der Waals surface area contributed by atoms with Crippen molar-refractivity contribution in [3.63, 3.8) is 0 Å². The molecule has 0 fully saturated rings. The van der Waals surface area contributed by atoms with Crippen LogP contribution in [-0.4, -0.2) is 4.98 Å². The molecule has 1 aromatic rings. The Morgan fingerprint density at radius 2 is 1.41 bits per heavy atom.